The van der Waals surface area contributed by atoms with Crippen molar-refractivity contribution in [3.63, 3.8) is 0 Å². The van der Waals surface area contributed by atoms with Gasteiger partial charge >= 0.3 is 0 Å². The summed E-state index contributed by atoms with van der Waals surface area (Å²) >= 11 is 1.54. The first kappa shape index (κ1) is 23.4. The molecule has 3 heterocycles. The SMILES string of the molecule is CC(=O)Nc1cccc(C2CCN(CCCn3nc(-c4nccs4)c4ccccc4c3=O)CC2)c1. The van der Waals surface area contributed by atoms with Gasteiger partial charge in [-0.1, -0.05) is 30.3 Å². The van der Waals surface area contributed by atoms with Gasteiger partial charge in [0.25, 0.3) is 5.56 Å². The number of thiazole rings is 1. The largest absolute Gasteiger partial charge is 0.326 e. The minimum absolute atomic E-state index is 0.0429. The number of hydrogen-bond acceptors (Lipinski definition) is 6. The van der Waals surface area contributed by atoms with Crippen LogP contribution in [0.1, 0.15) is 37.7 Å². The molecule has 2 aromatic heterocycles. The number of carbonyl (C=O) groups is 1. The Morgan fingerprint density at radius 1 is 1.09 bits per heavy atom. The van der Waals surface area contributed by atoms with Crippen LogP contribution < -0.4 is 10.9 Å². The van der Waals surface area contributed by atoms with Gasteiger partial charge < -0.3 is 10.2 Å². The number of likely N-dealkylation sites (tertiary alicyclic amines) is 1. The quantitative estimate of drug-likeness (QED) is 0.407. The molecule has 0 saturated carbocycles. The normalized spacial score (nSPS) is 14.9. The molecule has 0 spiro atoms. The number of rotatable bonds is 7. The van der Waals surface area contributed by atoms with Crippen molar-refractivity contribution in [3.05, 3.63) is 76.0 Å². The highest BCUT2D eigenvalue weighted by Crippen LogP contribution is 2.30. The van der Waals surface area contributed by atoms with Gasteiger partial charge in [-0.25, -0.2) is 9.67 Å². The Labute approximate surface area is 208 Å². The monoisotopic (exact) mass is 487 g/mol. The lowest BCUT2D eigenvalue weighted by molar-refractivity contribution is -0.114. The topological polar surface area (TPSA) is 80.1 Å². The van der Waals surface area contributed by atoms with E-state index in [1.165, 1.54) is 23.8 Å². The van der Waals surface area contributed by atoms with E-state index in [0.717, 1.165) is 60.7 Å². The van der Waals surface area contributed by atoms with Gasteiger partial charge in [-0.15, -0.1) is 11.3 Å². The molecular formula is C27H29N5O2S. The van der Waals surface area contributed by atoms with Gasteiger partial charge in [0.1, 0.15) is 10.7 Å². The Balaban J connectivity index is 1.21. The second-order valence-electron chi connectivity index (χ2n) is 9.04. The van der Waals surface area contributed by atoms with Crippen molar-refractivity contribution in [2.75, 3.05) is 25.0 Å². The summed E-state index contributed by atoms with van der Waals surface area (Å²) in [5, 5.41) is 11.9. The van der Waals surface area contributed by atoms with E-state index in [4.69, 9.17) is 5.10 Å². The molecule has 1 aliphatic rings. The van der Waals surface area contributed by atoms with Crippen LogP contribution in [-0.2, 0) is 11.3 Å². The highest BCUT2D eigenvalue weighted by molar-refractivity contribution is 7.13. The van der Waals surface area contributed by atoms with Crippen LogP contribution in [0.25, 0.3) is 21.5 Å². The molecule has 5 rings (SSSR count). The number of nitrogens with one attached hydrogen (secondary N) is 1. The van der Waals surface area contributed by atoms with Crippen molar-refractivity contribution in [1.82, 2.24) is 19.7 Å². The fourth-order valence-corrected chi connectivity index (χ4v) is 5.53. The summed E-state index contributed by atoms with van der Waals surface area (Å²) in [5.41, 5.74) is 2.89. The molecule has 0 bridgehead atoms. The third-order valence-corrected chi connectivity index (χ3v) is 7.39. The number of piperidine rings is 1. The molecular weight excluding hydrogens is 458 g/mol. The van der Waals surface area contributed by atoms with Gasteiger partial charge in [-0.2, -0.15) is 5.10 Å². The van der Waals surface area contributed by atoms with E-state index in [1.807, 2.05) is 41.8 Å². The van der Waals surface area contributed by atoms with Gasteiger partial charge in [0.15, 0.2) is 0 Å². The molecule has 7 nitrogen and oxygen atoms in total. The highest BCUT2D eigenvalue weighted by Gasteiger charge is 2.21. The van der Waals surface area contributed by atoms with E-state index in [0.29, 0.717) is 17.8 Å². The van der Waals surface area contributed by atoms with E-state index >= 15 is 0 Å². The van der Waals surface area contributed by atoms with Gasteiger partial charge in [0.05, 0.1) is 5.39 Å². The fraction of sp³-hybridized carbons (Fsp3) is 0.333. The summed E-state index contributed by atoms with van der Waals surface area (Å²) in [6.45, 7) is 5.11. The average Bonchev–Trinajstić information content (AvgIpc) is 3.41. The Bertz CT molecular complexity index is 1370. The first-order valence-corrected chi connectivity index (χ1v) is 13.0. The van der Waals surface area contributed by atoms with E-state index in [-0.39, 0.29) is 11.5 Å². The standard InChI is InChI=1S/C27H29N5O2S/c1-19(33)29-22-7-4-6-21(18-22)20-10-15-31(16-11-20)13-5-14-32-27(34)24-9-3-2-8-23(24)25(30-32)26-28-12-17-35-26/h2-4,6-9,12,17-18,20H,5,10-11,13-16H2,1H3,(H,29,33). The van der Waals surface area contributed by atoms with Crippen LogP contribution in [-0.4, -0.2) is 45.2 Å². The van der Waals surface area contributed by atoms with Crippen molar-refractivity contribution < 1.29 is 4.79 Å². The lowest BCUT2D eigenvalue weighted by Gasteiger charge is -2.32. The van der Waals surface area contributed by atoms with E-state index < -0.39 is 0 Å². The number of aryl methyl sites for hydroxylation is 1. The smallest absolute Gasteiger partial charge is 0.274 e. The van der Waals surface area contributed by atoms with Crippen LogP contribution in [0.3, 0.4) is 0 Å². The Kier molecular flexibility index (Phi) is 7.01. The molecule has 1 aliphatic heterocycles. The molecule has 8 heteroatoms. The number of anilines is 1. The summed E-state index contributed by atoms with van der Waals surface area (Å²) in [4.78, 5) is 31.3. The Hall–Kier alpha value is -3.36. The maximum Gasteiger partial charge on any atom is 0.274 e. The molecule has 2 aromatic carbocycles. The molecule has 4 aromatic rings. The second-order valence-corrected chi connectivity index (χ2v) is 9.93. The summed E-state index contributed by atoms with van der Waals surface area (Å²) in [6, 6.07) is 15.9. The molecule has 1 amide bonds. The predicted molar refractivity (Wildman–Crippen MR) is 141 cm³/mol. The van der Waals surface area contributed by atoms with Crippen molar-refractivity contribution in [1.29, 1.82) is 0 Å². The molecule has 0 aliphatic carbocycles. The first-order chi connectivity index (χ1) is 17.1. The summed E-state index contributed by atoms with van der Waals surface area (Å²) in [6.07, 6.45) is 4.81. The minimum atomic E-state index is -0.0456. The van der Waals surface area contributed by atoms with Crippen LogP contribution in [0.15, 0.2) is 64.9 Å². The Morgan fingerprint density at radius 2 is 1.89 bits per heavy atom. The number of benzene rings is 2. The molecule has 0 atom stereocenters. The second kappa shape index (κ2) is 10.5. The number of fused-ring (bicyclic) bond motifs is 1. The maximum absolute atomic E-state index is 13.1. The molecule has 1 fully saturated rings. The van der Waals surface area contributed by atoms with Gasteiger partial charge in [-0.3, -0.25) is 9.59 Å². The van der Waals surface area contributed by atoms with E-state index in [2.05, 4.69) is 27.3 Å². The maximum atomic E-state index is 13.1. The Morgan fingerprint density at radius 3 is 2.63 bits per heavy atom. The number of aromatic nitrogens is 3. The summed E-state index contributed by atoms with van der Waals surface area (Å²) < 4.78 is 1.61. The van der Waals surface area contributed by atoms with Crippen molar-refractivity contribution in [2.45, 2.75) is 38.6 Å². The first-order valence-electron chi connectivity index (χ1n) is 12.1. The number of hydrogen-bond donors (Lipinski definition) is 1. The van der Waals surface area contributed by atoms with Crippen LogP contribution >= 0.6 is 11.3 Å². The number of carbonyl (C=O) groups excluding carboxylic acids is 1. The van der Waals surface area contributed by atoms with Gasteiger partial charge in [0, 0.05) is 36.1 Å². The molecule has 35 heavy (non-hydrogen) atoms. The molecule has 0 radical (unpaired) electrons. The van der Waals surface area contributed by atoms with Crippen molar-refractivity contribution in [3.8, 4) is 10.7 Å². The zero-order valence-electron chi connectivity index (χ0n) is 19.8. The zero-order chi connectivity index (χ0) is 24.2. The molecule has 180 valence electrons. The molecule has 1 saturated heterocycles. The van der Waals surface area contributed by atoms with Crippen molar-refractivity contribution in [2.24, 2.45) is 0 Å². The summed E-state index contributed by atoms with van der Waals surface area (Å²) in [7, 11) is 0. The fourth-order valence-electron chi connectivity index (χ4n) is 4.89. The number of amides is 1. The third-order valence-electron chi connectivity index (χ3n) is 6.61. The van der Waals surface area contributed by atoms with Crippen LogP contribution in [0.2, 0.25) is 0 Å². The predicted octanol–water partition coefficient (Wildman–Crippen LogP) is 4.75. The van der Waals surface area contributed by atoms with Crippen molar-refractivity contribution >= 4 is 33.7 Å². The number of nitrogens with zero attached hydrogens (tertiary/aromatic N) is 4. The molecule has 0 unspecified atom stereocenters. The lowest BCUT2D eigenvalue weighted by atomic mass is 9.89. The molecule has 1 N–H and O–H groups in total. The van der Waals surface area contributed by atoms with Crippen LogP contribution in [0.5, 0.6) is 0 Å². The van der Waals surface area contributed by atoms with Crippen LogP contribution in [0, 0.1) is 0 Å². The van der Waals surface area contributed by atoms with Crippen LogP contribution in [0.4, 0.5) is 5.69 Å². The average molecular weight is 488 g/mol. The van der Waals surface area contributed by atoms with E-state index in [1.54, 1.807) is 10.9 Å². The van der Waals surface area contributed by atoms with E-state index in [9.17, 15) is 9.59 Å². The summed E-state index contributed by atoms with van der Waals surface area (Å²) in [5.74, 6) is 0.460. The third kappa shape index (κ3) is 5.33. The van der Waals surface area contributed by atoms with Gasteiger partial charge in [0.2, 0.25) is 5.91 Å². The lowest BCUT2D eigenvalue weighted by Crippen LogP contribution is -2.34. The zero-order valence-corrected chi connectivity index (χ0v) is 20.6. The minimum Gasteiger partial charge on any atom is -0.326 e. The van der Waals surface area contributed by atoms with Gasteiger partial charge in [-0.05, 0) is 68.6 Å². The highest BCUT2D eigenvalue weighted by atomic mass is 32.1.